The van der Waals surface area contributed by atoms with Crippen molar-refractivity contribution in [1.29, 1.82) is 0 Å². The molecule has 1 heterocycles. The molecule has 0 radical (unpaired) electrons. The number of carbonyl (C=O) groups is 1. The number of hydrogen-bond donors (Lipinski definition) is 2. The molecular weight excluding hydrogens is 198 g/mol. The first-order valence-corrected chi connectivity index (χ1v) is 5.54. The Bertz CT molecular complexity index is 306. The first-order valence-electron chi connectivity index (χ1n) is 4.66. The highest BCUT2D eigenvalue weighted by molar-refractivity contribution is 7.09. The van der Waals surface area contributed by atoms with Crippen molar-refractivity contribution in [3.8, 4) is 0 Å². The van der Waals surface area contributed by atoms with E-state index in [9.17, 15) is 4.79 Å². The van der Waals surface area contributed by atoms with Gasteiger partial charge >= 0.3 is 0 Å². The molecule has 2 rings (SSSR count). The van der Waals surface area contributed by atoms with Gasteiger partial charge in [-0.1, -0.05) is 0 Å². The van der Waals surface area contributed by atoms with E-state index in [1.54, 1.807) is 23.0 Å². The van der Waals surface area contributed by atoms with Crippen LogP contribution in [0, 0.1) is 5.92 Å². The minimum Gasteiger partial charge on any atom is -0.351 e. The first-order chi connectivity index (χ1) is 6.75. The molecule has 1 aliphatic rings. The Morgan fingerprint density at radius 3 is 3.07 bits per heavy atom. The number of aromatic nitrogens is 1. The van der Waals surface area contributed by atoms with Crippen LogP contribution in [0.1, 0.15) is 17.7 Å². The number of rotatable bonds is 3. The predicted molar refractivity (Wildman–Crippen MR) is 54.7 cm³/mol. The van der Waals surface area contributed by atoms with Crippen LogP contribution in [0.15, 0.2) is 11.7 Å². The van der Waals surface area contributed by atoms with Gasteiger partial charge in [-0.15, -0.1) is 11.3 Å². The van der Waals surface area contributed by atoms with E-state index in [2.05, 4.69) is 10.3 Å². The van der Waals surface area contributed by atoms with Crippen molar-refractivity contribution in [3.05, 3.63) is 16.6 Å². The summed E-state index contributed by atoms with van der Waals surface area (Å²) in [4.78, 5) is 16.5. The molecule has 0 atom stereocenters. The maximum absolute atomic E-state index is 11.5. The second-order valence-corrected chi connectivity index (χ2v) is 4.58. The van der Waals surface area contributed by atoms with Crippen molar-refractivity contribution in [1.82, 2.24) is 10.3 Å². The van der Waals surface area contributed by atoms with Gasteiger partial charge in [0.15, 0.2) is 0 Å². The van der Waals surface area contributed by atoms with Gasteiger partial charge in [0.05, 0.1) is 12.1 Å². The smallest absolute Gasteiger partial charge is 0.223 e. The zero-order valence-corrected chi connectivity index (χ0v) is 8.59. The molecule has 0 saturated heterocycles. The highest BCUT2D eigenvalue weighted by atomic mass is 32.1. The number of carbonyl (C=O) groups excluding carboxylic acids is 1. The number of thiazole rings is 1. The van der Waals surface area contributed by atoms with Gasteiger partial charge in [0.1, 0.15) is 0 Å². The third-order valence-corrected chi connectivity index (χ3v) is 3.25. The average Bonchev–Trinajstić information content (AvgIpc) is 2.61. The first kappa shape index (κ1) is 9.61. The Morgan fingerprint density at radius 2 is 2.50 bits per heavy atom. The summed E-state index contributed by atoms with van der Waals surface area (Å²) >= 11 is 1.55. The van der Waals surface area contributed by atoms with Crippen molar-refractivity contribution >= 4 is 17.2 Å². The third-order valence-electron chi connectivity index (χ3n) is 2.47. The molecule has 0 bridgehead atoms. The number of nitrogens with one attached hydrogen (secondary N) is 1. The van der Waals surface area contributed by atoms with Gasteiger partial charge in [-0.3, -0.25) is 9.78 Å². The lowest BCUT2D eigenvalue weighted by atomic mass is 9.80. The lowest BCUT2D eigenvalue weighted by molar-refractivity contribution is -0.128. The number of hydrogen-bond acceptors (Lipinski definition) is 4. The molecule has 3 N–H and O–H groups in total. The summed E-state index contributed by atoms with van der Waals surface area (Å²) in [6.45, 7) is 0.592. The van der Waals surface area contributed by atoms with Crippen LogP contribution in [-0.4, -0.2) is 16.9 Å². The highest BCUT2D eigenvalue weighted by Crippen LogP contribution is 2.25. The van der Waals surface area contributed by atoms with E-state index in [0.29, 0.717) is 6.54 Å². The van der Waals surface area contributed by atoms with E-state index in [1.807, 2.05) is 0 Å². The fourth-order valence-electron chi connectivity index (χ4n) is 1.52. The molecule has 1 amide bonds. The van der Waals surface area contributed by atoms with E-state index in [-0.39, 0.29) is 17.9 Å². The molecule has 4 nitrogen and oxygen atoms in total. The van der Waals surface area contributed by atoms with Crippen LogP contribution < -0.4 is 11.1 Å². The van der Waals surface area contributed by atoms with E-state index in [0.717, 1.165) is 17.7 Å². The van der Waals surface area contributed by atoms with Crippen LogP contribution in [-0.2, 0) is 11.3 Å². The molecule has 0 spiro atoms. The highest BCUT2D eigenvalue weighted by Gasteiger charge is 2.31. The van der Waals surface area contributed by atoms with Gasteiger partial charge in [-0.2, -0.15) is 0 Å². The molecule has 1 aliphatic carbocycles. The normalized spacial score (nSPS) is 25.5. The quantitative estimate of drug-likeness (QED) is 0.765. The summed E-state index contributed by atoms with van der Waals surface area (Å²) in [6.07, 6.45) is 3.43. The fraction of sp³-hybridized carbons (Fsp3) is 0.556. The molecule has 0 unspecified atom stereocenters. The van der Waals surface area contributed by atoms with E-state index in [4.69, 9.17) is 5.73 Å². The molecule has 0 aliphatic heterocycles. The lowest BCUT2D eigenvalue weighted by Gasteiger charge is -2.30. The molecule has 14 heavy (non-hydrogen) atoms. The monoisotopic (exact) mass is 211 g/mol. The van der Waals surface area contributed by atoms with E-state index >= 15 is 0 Å². The molecule has 1 aromatic rings. The standard InChI is InChI=1S/C9H13N3OS/c10-7-1-6(2-7)9(13)12-4-8-3-11-5-14-8/h3,5-7H,1-2,4,10H2,(H,12,13). The largest absolute Gasteiger partial charge is 0.351 e. The van der Waals surface area contributed by atoms with Gasteiger partial charge in [0.2, 0.25) is 5.91 Å². The zero-order chi connectivity index (χ0) is 9.97. The number of nitrogens with two attached hydrogens (primary N) is 1. The molecule has 5 heteroatoms. The van der Waals surface area contributed by atoms with Crippen LogP contribution in [0.5, 0.6) is 0 Å². The topological polar surface area (TPSA) is 68.0 Å². The molecule has 76 valence electrons. The summed E-state index contributed by atoms with van der Waals surface area (Å²) in [6, 6.07) is 0.231. The molecule has 0 aromatic carbocycles. The minimum absolute atomic E-state index is 0.125. The van der Waals surface area contributed by atoms with Gasteiger partial charge in [-0.05, 0) is 12.8 Å². The summed E-state index contributed by atoms with van der Waals surface area (Å²) in [5.74, 6) is 0.262. The summed E-state index contributed by atoms with van der Waals surface area (Å²) in [5.41, 5.74) is 7.37. The van der Waals surface area contributed by atoms with Crippen molar-refractivity contribution in [2.24, 2.45) is 11.7 Å². The molecule has 1 fully saturated rings. The maximum Gasteiger partial charge on any atom is 0.223 e. The summed E-state index contributed by atoms with van der Waals surface area (Å²) in [5, 5.41) is 2.88. The molecule has 1 aromatic heterocycles. The van der Waals surface area contributed by atoms with Crippen molar-refractivity contribution < 1.29 is 4.79 Å². The SMILES string of the molecule is NC1CC(C(=O)NCc2cncs2)C1. The Kier molecular flexibility index (Phi) is 2.79. The average molecular weight is 211 g/mol. The predicted octanol–water partition coefficient (Wildman–Crippen LogP) is 0.497. The van der Waals surface area contributed by atoms with Crippen molar-refractivity contribution in [2.75, 3.05) is 0 Å². The van der Waals surface area contributed by atoms with Crippen molar-refractivity contribution in [3.63, 3.8) is 0 Å². The van der Waals surface area contributed by atoms with Crippen LogP contribution >= 0.6 is 11.3 Å². The summed E-state index contributed by atoms with van der Waals surface area (Å²) < 4.78 is 0. The lowest BCUT2D eigenvalue weighted by Crippen LogP contribution is -2.44. The van der Waals surface area contributed by atoms with Gasteiger partial charge in [0.25, 0.3) is 0 Å². The number of nitrogens with zero attached hydrogens (tertiary/aromatic N) is 1. The van der Waals surface area contributed by atoms with Crippen LogP contribution in [0.25, 0.3) is 0 Å². The fourth-order valence-corrected chi connectivity index (χ4v) is 2.06. The number of amides is 1. The maximum atomic E-state index is 11.5. The Morgan fingerprint density at radius 1 is 1.71 bits per heavy atom. The zero-order valence-electron chi connectivity index (χ0n) is 7.77. The second-order valence-electron chi connectivity index (χ2n) is 3.61. The molecular formula is C9H13N3OS. The Labute approximate surface area is 86.5 Å². The van der Waals surface area contributed by atoms with Gasteiger partial charge < -0.3 is 11.1 Å². The van der Waals surface area contributed by atoms with Crippen molar-refractivity contribution in [2.45, 2.75) is 25.4 Å². The van der Waals surface area contributed by atoms with E-state index < -0.39 is 0 Å². The third kappa shape index (κ3) is 2.10. The van der Waals surface area contributed by atoms with Crippen LogP contribution in [0.4, 0.5) is 0 Å². The second kappa shape index (κ2) is 4.06. The summed E-state index contributed by atoms with van der Waals surface area (Å²) in [7, 11) is 0. The van der Waals surface area contributed by atoms with Crippen LogP contribution in [0.3, 0.4) is 0 Å². The minimum atomic E-state index is 0.125. The Balaban J connectivity index is 1.73. The van der Waals surface area contributed by atoms with Gasteiger partial charge in [0, 0.05) is 23.0 Å². The molecule has 1 saturated carbocycles. The Hall–Kier alpha value is -0.940. The van der Waals surface area contributed by atoms with Crippen LogP contribution in [0.2, 0.25) is 0 Å². The van der Waals surface area contributed by atoms with Gasteiger partial charge in [-0.25, -0.2) is 0 Å². The van der Waals surface area contributed by atoms with E-state index in [1.165, 1.54) is 0 Å².